The first-order valence-corrected chi connectivity index (χ1v) is 15.6. The van der Waals surface area contributed by atoms with Crippen LogP contribution in [0.2, 0.25) is 5.04 Å². The molecule has 3 heterocycles. The van der Waals surface area contributed by atoms with E-state index in [-0.39, 0.29) is 23.3 Å². The minimum absolute atomic E-state index is 0.0543. The lowest BCUT2D eigenvalue weighted by Crippen LogP contribution is -2.66. The first kappa shape index (κ1) is 26.1. The van der Waals surface area contributed by atoms with Crippen LogP contribution in [0.5, 0.6) is 0 Å². The largest absolute Gasteiger partial charge is 0.403 e. The molecule has 0 N–H and O–H groups in total. The van der Waals surface area contributed by atoms with Gasteiger partial charge in [0.15, 0.2) is 5.79 Å². The number of hydrogen-bond acceptors (Lipinski definition) is 5. The third kappa shape index (κ3) is 4.38. The number of hydrogen-bond donors (Lipinski definition) is 0. The Labute approximate surface area is 231 Å². The van der Waals surface area contributed by atoms with E-state index in [9.17, 15) is 0 Å². The topological polar surface area (TPSA) is 58.4 Å². The van der Waals surface area contributed by atoms with Gasteiger partial charge in [0.2, 0.25) is 0 Å². The van der Waals surface area contributed by atoms with Crippen LogP contribution in [0.15, 0.2) is 90.9 Å². The summed E-state index contributed by atoms with van der Waals surface area (Å²) >= 11 is 0. The highest BCUT2D eigenvalue weighted by Crippen LogP contribution is 2.45. The van der Waals surface area contributed by atoms with Crippen molar-refractivity contribution in [3.63, 3.8) is 0 Å². The van der Waals surface area contributed by atoms with Crippen molar-refractivity contribution in [1.29, 1.82) is 0 Å². The fourth-order valence-electron chi connectivity index (χ4n) is 6.39. The van der Waals surface area contributed by atoms with Crippen molar-refractivity contribution in [1.82, 2.24) is 14.5 Å². The first-order chi connectivity index (χ1) is 18.6. The smallest absolute Gasteiger partial charge is 0.261 e. The van der Waals surface area contributed by atoms with Gasteiger partial charge in [-0.3, -0.25) is 0 Å². The molecule has 0 amide bonds. The Morgan fingerprint density at radius 2 is 1.56 bits per heavy atom. The molecule has 6 rings (SSSR count). The lowest BCUT2D eigenvalue weighted by Gasteiger charge is -2.43. The molecule has 3 atom stereocenters. The number of ether oxygens (including phenoxy) is 2. The van der Waals surface area contributed by atoms with Gasteiger partial charge in [0.05, 0.1) is 18.3 Å². The van der Waals surface area contributed by atoms with Gasteiger partial charge in [-0.1, -0.05) is 87.5 Å². The number of benzene rings is 2. The van der Waals surface area contributed by atoms with Gasteiger partial charge in [-0.25, -0.2) is 9.97 Å². The molecule has 4 aromatic rings. The average Bonchev–Trinajstić information content (AvgIpc) is 3.56. The zero-order valence-corrected chi connectivity index (χ0v) is 24.6. The number of rotatable bonds is 6. The van der Waals surface area contributed by atoms with Gasteiger partial charge in [0.25, 0.3) is 8.32 Å². The van der Waals surface area contributed by atoms with E-state index in [0.29, 0.717) is 6.61 Å². The van der Waals surface area contributed by atoms with E-state index in [4.69, 9.17) is 13.9 Å². The Morgan fingerprint density at radius 3 is 2.18 bits per heavy atom. The second-order valence-electron chi connectivity index (χ2n) is 12.1. The van der Waals surface area contributed by atoms with Gasteiger partial charge in [-0.2, -0.15) is 0 Å². The highest BCUT2D eigenvalue weighted by atomic mass is 28.4. The van der Waals surface area contributed by atoms with E-state index in [1.165, 1.54) is 10.4 Å². The van der Waals surface area contributed by atoms with Crippen LogP contribution in [0, 0.1) is 6.92 Å². The molecule has 2 aliphatic rings. The highest BCUT2D eigenvalue weighted by Gasteiger charge is 2.53. The number of fused-ring (bicyclic) bond motifs is 2. The van der Waals surface area contributed by atoms with E-state index in [1.54, 1.807) is 6.33 Å². The van der Waals surface area contributed by atoms with Crippen molar-refractivity contribution < 1.29 is 13.9 Å². The average molecular weight is 540 g/mol. The van der Waals surface area contributed by atoms with Gasteiger partial charge < -0.3 is 18.5 Å². The van der Waals surface area contributed by atoms with Crippen molar-refractivity contribution in [3.05, 3.63) is 96.6 Å². The van der Waals surface area contributed by atoms with Crippen LogP contribution in [-0.2, 0) is 13.9 Å². The maximum Gasteiger partial charge on any atom is 0.261 e. The zero-order valence-electron chi connectivity index (χ0n) is 23.6. The molecule has 0 radical (unpaired) electrons. The fraction of sp³-hybridized carbons (Fsp3) is 0.375. The molecule has 7 heteroatoms. The zero-order chi connectivity index (χ0) is 27.4. The van der Waals surface area contributed by atoms with Gasteiger partial charge in [0.1, 0.15) is 24.2 Å². The summed E-state index contributed by atoms with van der Waals surface area (Å²) in [5.41, 5.74) is 3.00. The van der Waals surface area contributed by atoms with Crippen molar-refractivity contribution in [3.8, 4) is 0 Å². The summed E-state index contributed by atoms with van der Waals surface area (Å²) in [4.78, 5) is 9.00. The Morgan fingerprint density at radius 1 is 0.923 bits per heavy atom. The molecular weight excluding hydrogens is 502 g/mol. The van der Waals surface area contributed by atoms with Gasteiger partial charge in [0, 0.05) is 11.6 Å². The SMILES string of the molecule is Cc1ncnc2c1ccn2[C@@H]1C=C(CO[Si](c2ccccc2)(c2ccccc2)C(C)(C)C)[C@H]2OC(C)(C)O[C@H]21. The standard InChI is InChI=1S/C32H37N3O3Si/c1-22-26-17-18-35(30(26)34-21-33-22)27-19-23(28-29(27)38-32(5,6)37-28)20-36-39(31(2,3)4,24-13-9-7-10-14-24)25-15-11-8-12-16-25/h7-19,21,27-29H,20H2,1-6H3/t27-,28-,29+/m1/s1. The third-order valence-corrected chi connectivity index (χ3v) is 13.1. The number of nitrogens with zero attached hydrogens (tertiary/aromatic N) is 3. The van der Waals surface area contributed by atoms with Crippen molar-refractivity contribution in [2.45, 2.75) is 70.6 Å². The van der Waals surface area contributed by atoms with Crippen LogP contribution in [-0.4, -0.2) is 47.5 Å². The summed E-state index contributed by atoms with van der Waals surface area (Å²) in [6.07, 6.45) is 5.64. The van der Waals surface area contributed by atoms with Crippen LogP contribution in [0.3, 0.4) is 0 Å². The van der Waals surface area contributed by atoms with Crippen molar-refractivity contribution in [2.24, 2.45) is 0 Å². The molecule has 1 aliphatic carbocycles. The molecule has 0 saturated carbocycles. The molecule has 1 saturated heterocycles. The normalized spacial score (nSPS) is 22.7. The van der Waals surface area contributed by atoms with Crippen LogP contribution < -0.4 is 10.4 Å². The molecule has 2 aromatic heterocycles. The second-order valence-corrected chi connectivity index (χ2v) is 16.4. The minimum atomic E-state index is -2.70. The van der Waals surface area contributed by atoms with Gasteiger partial charge >= 0.3 is 0 Å². The van der Waals surface area contributed by atoms with Crippen LogP contribution in [0.1, 0.15) is 46.4 Å². The lowest BCUT2D eigenvalue weighted by atomic mass is 10.1. The summed E-state index contributed by atoms with van der Waals surface area (Å²) in [5, 5.41) is 3.48. The third-order valence-electron chi connectivity index (χ3n) is 8.12. The molecule has 2 aromatic carbocycles. The summed E-state index contributed by atoms with van der Waals surface area (Å²) in [7, 11) is -2.70. The van der Waals surface area contributed by atoms with E-state index in [1.807, 2.05) is 20.8 Å². The first-order valence-electron chi connectivity index (χ1n) is 13.7. The maximum atomic E-state index is 7.30. The molecule has 0 spiro atoms. The predicted octanol–water partition coefficient (Wildman–Crippen LogP) is 5.32. The quantitative estimate of drug-likeness (QED) is 0.245. The number of aromatic nitrogens is 3. The van der Waals surface area contributed by atoms with Crippen LogP contribution in [0.25, 0.3) is 11.0 Å². The molecular formula is C32H37N3O3Si. The predicted molar refractivity (Wildman–Crippen MR) is 157 cm³/mol. The maximum absolute atomic E-state index is 7.30. The Hall–Kier alpha value is -3.10. The Bertz CT molecular complexity index is 1470. The second kappa shape index (κ2) is 9.52. The summed E-state index contributed by atoms with van der Waals surface area (Å²) in [5.74, 6) is -0.682. The molecule has 6 nitrogen and oxygen atoms in total. The van der Waals surface area contributed by atoms with E-state index in [2.05, 4.69) is 114 Å². The van der Waals surface area contributed by atoms with Crippen molar-refractivity contribution >= 4 is 29.7 Å². The van der Waals surface area contributed by atoms with E-state index >= 15 is 0 Å². The molecule has 1 aliphatic heterocycles. The molecule has 0 unspecified atom stereocenters. The minimum Gasteiger partial charge on any atom is -0.403 e. The molecule has 0 bridgehead atoms. The molecule has 202 valence electrons. The Kier molecular flexibility index (Phi) is 6.38. The van der Waals surface area contributed by atoms with Crippen LogP contribution >= 0.6 is 0 Å². The molecule has 39 heavy (non-hydrogen) atoms. The van der Waals surface area contributed by atoms with Gasteiger partial charge in [-0.05, 0) is 47.8 Å². The highest BCUT2D eigenvalue weighted by molar-refractivity contribution is 6.99. The summed E-state index contributed by atoms with van der Waals surface area (Å²) < 4.78 is 22.5. The monoisotopic (exact) mass is 539 g/mol. The fourth-order valence-corrected chi connectivity index (χ4v) is 10.9. The van der Waals surface area contributed by atoms with Gasteiger partial charge in [-0.15, -0.1) is 0 Å². The molecule has 1 fully saturated rings. The van der Waals surface area contributed by atoms with Crippen LogP contribution in [0.4, 0.5) is 0 Å². The van der Waals surface area contributed by atoms with E-state index < -0.39 is 14.1 Å². The van der Waals surface area contributed by atoms with Crippen molar-refractivity contribution in [2.75, 3.05) is 6.61 Å². The Balaban J connectivity index is 1.42. The summed E-state index contributed by atoms with van der Waals surface area (Å²) in [6, 6.07) is 23.6. The summed E-state index contributed by atoms with van der Waals surface area (Å²) in [6.45, 7) is 13.4. The number of aryl methyl sites for hydroxylation is 1. The van der Waals surface area contributed by atoms with E-state index in [0.717, 1.165) is 22.3 Å². The lowest BCUT2D eigenvalue weighted by molar-refractivity contribution is -0.148.